The van der Waals surface area contributed by atoms with E-state index in [1.807, 2.05) is 29.9 Å². The van der Waals surface area contributed by atoms with Crippen LogP contribution in [-0.4, -0.2) is 53.4 Å². The Kier molecular flexibility index (Phi) is 3.01. The van der Waals surface area contributed by atoms with Crippen LogP contribution in [0.15, 0.2) is 24.4 Å². The number of hydrogen-bond donors (Lipinski definition) is 0. The SMILES string of the molecule is Cn1ccc2ccc(C(=O)N3CCS(=O)(=O)CC3)nc21. The molecule has 1 amide bonds. The molecule has 0 saturated carbocycles. The van der Waals surface area contributed by atoms with Crippen molar-refractivity contribution in [1.29, 1.82) is 0 Å². The van der Waals surface area contributed by atoms with E-state index in [1.54, 1.807) is 11.0 Å². The Bertz CT molecular complexity index is 765. The molecule has 0 bridgehead atoms. The minimum Gasteiger partial charge on any atom is -0.336 e. The fraction of sp³-hybridized carbons (Fsp3) is 0.385. The fourth-order valence-corrected chi connectivity index (χ4v) is 3.53. The van der Waals surface area contributed by atoms with Gasteiger partial charge in [0, 0.05) is 31.7 Å². The van der Waals surface area contributed by atoms with Crippen molar-refractivity contribution >= 4 is 26.8 Å². The van der Waals surface area contributed by atoms with Gasteiger partial charge in [-0.05, 0) is 18.2 Å². The maximum absolute atomic E-state index is 12.3. The number of carbonyl (C=O) groups is 1. The summed E-state index contributed by atoms with van der Waals surface area (Å²) in [4.78, 5) is 18.3. The van der Waals surface area contributed by atoms with Gasteiger partial charge in [0.25, 0.3) is 5.91 Å². The molecular formula is C13H15N3O3S. The van der Waals surface area contributed by atoms with E-state index in [1.165, 1.54) is 0 Å². The fourth-order valence-electron chi connectivity index (χ4n) is 2.33. The molecule has 20 heavy (non-hydrogen) atoms. The van der Waals surface area contributed by atoms with Gasteiger partial charge in [0.2, 0.25) is 0 Å². The minimum absolute atomic E-state index is 0.0329. The lowest BCUT2D eigenvalue weighted by atomic mass is 10.2. The van der Waals surface area contributed by atoms with Gasteiger partial charge in [0.05, 0.1) is 11.5 Å². The second-order valence-corrected chi connectivity index (χ2v) is 7.28. The van der Waals surface area contributed by atoms with E-state index in [4.69, 9.17) is 0 Å². The van der Waals surface area contributed by atoms with Crippen LogP contribution in [0.4, 0.5) is 0 Å². The maximum Gasteiger partial charge on any atom is 0.272 e. The summed E-state index contributed by atoms with van der Waals surface area (Å²) in [6.07, 6.45) is 1.89. The van der Waals surface area contributed by atoms with Crippen LogP contribution in [0.5, 0.6) is 0 Å². The highest BCUT2D eigenvalue weighted by molar-refractivity contribution is 7.91. The predicted octanol–water partition coefficient (Wildman–Crippen LogP) is 0.444. The van der Waals surface area contributed by atoms with Gasteiger partial charge in [-0.3, -0.25) is 4.79 Å². The second-order valence-electron chi connectivity index (χ2n) is 4.98. The van der Waals surface area contributed by atoms with Gasteiger partial charge in [-0.1, -0.05) is 0 Å². The lowest BCUT2D eigenvalue weighted by Crippen LogP contribution is -2.44. The zero-order chi connectivity index (χ0) is 14.3. The first-order valence-electron chi connectivity index (χ1n) is 6.38. The molecule has 1 saturated heterocycles. The van der Waals surface area contributed by atoms with E-state index in [0.717, 1.165) is 11.0 Å². The van der Waals surface area contributed by atoms with Gasteiger partial charge >= 0.3 is 0 Å². The van der Waals surface area contributed by atoms with Crippen LogP contribution in [0.3, 0.4) is 0 Å². The van der Waals surface area contributed by atoms with Crippen LogP contribution in [0.25, 0.3) is 11.0 Å². The van der Waals surface area contributed by atoms with Crippen molar-refractivity contribution in [1.82, 2.24) is 14.5 Å². The highest BCUT2D eigenvalue weighted by Gasteiger charge is 2.26. The third kappa shape index (κ3) is 2.29. The smallest absolute Gasteiger partial charge is 0.272 e. The number of aromatic nitrogens is 2. The molecule has 106 valence electrons. The van der Waals surface area contributed by atoms with Gasteiger partial charge in [0.15, 0.2) is 9.84 Å². The number of nitrogens with zero attached hydrogens (tertiary/aromatic N) is 3. The molecule has 1 fully saturated rings. The molecule has 1 aliphatic rings. The average Bonchev–Trinajstić information content (AvgIpc) is 2.79. The first kappa shape index (κ1) is 13.1. The van der Waals surface area contributed by atoms with Crippen molar-refractivity contribution in [3.63, 3.8) is 0 Å². The third-order valence-electron chi connectivity index (χ3n) is 3.57. The molecule has 3 heterocycles. The summed E-state index contributed by atoms with van der Waals surface area (Å²) in [5, 5.41) is 0.977. The molecular weight excluding hydrogens is 278 g/mol. The van der Waals surface area contributed by atoms with Crippen LogP contribution in [0.1, 0.15) is 10.5 Å². The summed E-state index contributed by atoms with van der Waals surface area (Å²) in [6, 6.07) is 5.48. The highest BCUT2D eigenvalue weighted by atomic mass is 32.2. The summed E-state index contributed by atoms with van der Waals surface area (Å²) >= 11 is 0. The summed E-state index contributed by atoms with van der Waals surface area (Å²) in [7, 11) is -1.11. The van der Waals surface area contributed by atoms with Gasteiger partial charge in [0.1, 0.15) is 11.3 Å². The Balaban J connectivity index is 1.87. The van der Waals surface area contributed by atoms with E-state index in [9.17, 15) is 13.2 Å². The Morgan fingerprint density at radius 2 is 1.90 bits per heavy atom. The lowest BCUT2D eigenvalue weighted by Gasteiger charge is -2.26. The van der Waals surface area contributed by atoms with E-state index >= 15 is 0 Å². The minimum atomic E-state index is -2.98. The number of rotatable bonds is 1. The Hall–Kier alpha value is -1.89. The van der Waals surface area contributed by atoms with E-state index in [-0.39, 0.29) is 30.5 Å². The second kappa shape index (κ2) is 4.59. The topological polar surface area (TPSA) is 72.3 Å². The molecule has 0 aromatic carbocycles. The zero-order valence-electron chi connectivity index (χ0n) is 11.1. The lowest BCUT2D eigenvalue weighted by molar-refractivity contribution is 0.0765. The molecule has 0 atom stereocenters. The molecule has 2 aromatic rings. The van der Waals surface area contributed by atoms with Crippen molar-refractivity contribution in [2.24, 2.45) is 7.05 Å². The molecule has 0 aliphatic carbocycles. The molecule has 2 aromatic heterocycles. The standard InChI is InChI=1S/C13H15N3O3S/c1-15-5-4-10-2-3-11(14-12(10)15)13(17)16-6-8-20(18,19)9-7-16/h2-5H,6-9H2,1H3. The number of pyridine rings is 1. The summed E-state index contributed by atoms with van der Waals surface area (Å²) in [6.45, 7) is 0.488. The first-order valence-corrected chi connectivity index (χ1v) is 8.20. The quantitative estimate of drug-likeness (QED) is 0.765. The predicted molar refractivity (Wildman–Crippen MR) is 75.3 cm³/mol. The Morgan fingerprint density at radius 3 is 2.60 bits per heavy atom. The number of hydrogen-bond acceptors (Lipinski definition) is 4. The average molecular weight is 293 g/mol. The van der Waals surface area contributed by atoms with Crippen LogP contribution in [0, 0.1) is 0 Å². The normalized spacial score (nSPS) is 18.4. The molecule has 0 radical (unpaired) electrons. The molecule has 1 aliphatic heterocycles. The van der Waals surface area contributed by atoms with Crippen LogP contribution in [-0.2, 0) is 16.9 Å². The number of fused-ring (bicyclic) bond motifs is 1. The van der Waals surface area contributed by atoms with Crippen molar-refractivity contribution in [2.75, 3.05) is 24.6 Å². The van der Waals surface area contributed by atoms with Gasteiger partial charge in [-0.15, -0.1) is 0 Å². The van der Waals surface area contributed by atoms with Crippen molar-refractivity contribution in [2.45, 2.75) is 0 Å². The van der Waals surface area contributed by atoms with Crippen molar-refractivity contribution in [3.8, 4) is 0 Å². The van der Waals surface area contributed by atoms with Gasteiger partial charge < -0.3 is 9.47 Å². The zero-order valence-corrected chi connectivity index (χ0v) is 11.9. The van der Waals surface area contributed by atoms with Gasteiger partial charge in [-0.25, -0.2) is 13.4 Å². The highest BCUT2D eigenvalue weighted by Crippen LogP contribution is 2.15. The third-order valence-corrected chi connectivity index (χ3v) is 5.18. The van der Waals surface area contributed by atoms with E-state index in [0.29, 0.717) is 5.69 Å². The van der Waals surface area contributed by atoms with E-state index < -0.39 is 9.84 Å². The molecule has 0 N–H and O–H groups in total. The largest absolute Gasteiger partial charge is 0.336 e. The molecule has 0 unspecified atom stereocenters. The van der Waals surface area contributed by atoms with Crippen LogP contribution in [0.2, 0.25) is 0 Å². The number of carbonyl (C=O) groups excluding carboxylic acids is 1. The number of aryl methyl sites for hydroxylation is 1. The maximum atomic E-state index is 12.3. The summed E-state index contributed by atoms with van der Waals surface area (Å²) in [5.74, 6) is -0.140. The van der Waals surface area contributed by atoms with Crippen LogP contribution < -0.4 is 0 Å². The van der Waals surface area contributed by atoms with Crippen molar-refractivity contribution < 1.29 is 13.2 Å². The summed E-state index contributed by atoms with van der Waals surface area (Å²) in [5.41, 5.74) is 1.11. The molecule has 3 rings (SSSR count). The monoisotopic (exact) mass is 293 g/mol. The Labute approximate surface area is 116 Å². The number of amides is 1. The summed E-state index contributed by atoms with van der Waals surface area (Å²) < 4.78 is 24.6. The van der Waals surface area contributed by atoms with Crippen molar-refractivity contribution in [3.05, 3.63) is 30.1 Å². The first-order chi connectivity index (χ1) is 9.46. The Morgan fingerprint density at radius 1 is 1.20 bits per heavy atom. The number of sulfone groups is 1. The molecule has 7 heteroatoms. The molecule has 6 nitrogen and oxygen atoms in total. The van der Waals surface area contributed by atoms with Gasteiger partial charge in [-0.2, -0.15) is 0 Å². The van der Waals surface area contributed by atoms with E-state index in [2.05, 4.69) is 4.98 Å². The molecule has 0 spiro atoms. The van der Waals surface area contributed by atoms with Crippen LogP contribution >= 0.6 is 0 Å².